The maximum atomic E-state index is 13.1. The Morgan fingerprint density at radius 3 is 2.80 bits per heavy atom. The van der Waals surface area contributed by atoms with Crippen LogP contribution in [0.15, 0.2) is 17.2 Å². The molecule has 0 amide bonds. The average molecular weight is 415 g/mol. The Kier molecular flexibility index (Phi) is 5.57. The van der Waals surface area contributed by atoms with Gasteiger partial charge in [-0.05, 0) is 19.3 Å². The molecule has 1 N–H and O–H groups in total. The molecule has 2 aromatic rings. The molecular formula is C19H24N3O2Y-. The van der Waals surface area contributed by atoms with E-state index in [9.17, 15) is 9.90 Å². The van der Waals surface area contributed by atoms with Crippen LogP contribution in [0.5, 0.6) is 0 Å². The van der Waals surface area contributed by atoms with E-state index in [0.717, 1.165) is 61.8 Å². The predicted molar refractivity (Wildman–Crippen MR) is 95.6 cm³/mol. The van der Waals surface area contributed by atoms with Crippen molar-refractivity contribution in [3.63, 3.8) is 0 Å². The summed E-state index contributed by atoms with van der Waals surface area (Å²) in [4.78, 5) is 19.9. The zero-order chi connectivity index (χ0) is 16.8. The summed E-state index contributed by atoms with van der Waals surface area (Å²) in [5, 5.41) is 10.9. The monoisotopic (exact) mass is 415 g/mol. The van der Waals surface area contributed by atoms with Gasteiger partial charge in [0.15, 0.2) is 0 Å². The molecule has 2 aliphatic rings. The number of fused-ring (bicyclic) bond motifs is 3. The van der Waals surface area contributed by atoms with Crippen molar-refractivity contribution in [2.45, 2.75) is 50.7 Å². The minimum Gasteiger partial charge on any atom is -0.391 e. The molecule has 1 saturated carbocycles. The van der Waals surface area contributed by atoms with Gasteiger partial charge in [-0.1, -0.05) is 19.3 Å². The molecular weight excluding hydrogens is 391 g/mol. The average Bonchev–Trinajstić information content (AvgIpc) is 2.57. The first-order chi connectivity index (χ1) is 11.6. The van der Waals surface area contributed by atoms with Gasteiger partial charge >= 0.3 is 0 Å². The Hall–Kier alpha value is -0.906. The third-order valence-corrected chi connectivity index (χ3v) is 5.60. The van der Waals surface area contributed by atoms with Gasteiger partial charge in [-0.3, -0.25) is 9.36 Å². The Bertz CT molecular complexity index is 849. The fourth-order valence-corrected chi connectivity index (χ4v) is 4.30. The number of aromatic nitrogens is 2. The zero-order valence-corrected chi connectivity index (χ0v) is 17.6. The number of hydrogen-bond donors (Lipinski definition) is 1. The summed E-state index contributed by atoms with van der Waals surface area (Å²) < 4.78 is 1.64. The van der Waals surface area contributed by atoms with Crippen LogP contribution in [-0.4, -0.2) is 34.4 Å². The Morgan fingerprint density at radius 1 is 1.28 bits per heavy atom. The van der Waals surface area contributed by atoms with E-state index in [1.165, 1.54) is 5.56 Å². The molecule has 5 nitrogen and oxygen atoms in total. The molecule has 2 heterocycles. The van der Waals surface area contributed by atoms with Crippen LogP contribution in [0.1, 0.15) is 49.3 Å². The van der Waals surface area contributed by atoms with Crippen LogP contribution in [-0.2, 0) is 39.1 Å². The van der Waals surface area contributed by atoms with Gasteiger partial charge in [0.25, 0.3) is 0 Å². The van der Waals surface area contributed by atoms with Gasteiger partial charge in [-0.25, -0.2) is 4.98 Å². The number of anilines is 1. The van der Waals surface area contributed by atoms with E-state index in [1.54, 1.807) is 10.9 Å². The molecule has 0 spiro atoms. The molecule has 1 fully saturated rings. The standard InChI is InChI=1S/C19H24N3O2.Y/c1-12-10-14-17(18-13(12)6-5-9-21(18)2)20-11-22(19(14)24)15-7-3-4-8-16(15)23;/h10-11,15-16,23H,1,3-9H2,2H3;/q-1;/t15?,16-;/m0./s1. The molecule has 2 atom stereocenters. The van der Waals surface area contributed by atoms with Crippen LogP contribution in [0.25, 0.3) is 10.9 Å². The number of nitrogens with zero attached hydrogens (tertiary/aromatic N) is 3. The Balaban J connectivity index is 0.00000182. The smallest absolute Gasteiger partial charge is 0.249 e. The van der Waals surface area contributed by atoms with Gasteiger partial charge in [0, 0.05) is 57.4 Å². The molecule has 0 saturated heterocycles. The molecule has 25 heavy (non-hydrogen) atoms. The third-order valence-electron chi connectivity index (χ3n) is 5.60. The summed E-state index contributed by atoms with van der Waals surface area (Å²) >= 11 is 0. The number of rotatable bonds is 1. The van der Waals surface area contributed by atoms with Crippen molar-refractivity contribution >= 4 is 16.6 Å². The van der Waals surface area contributed by atoms with Gasteiger partial charge in [-0.2, -0.15) is 12.5 Å². The number of aliphatic hydroxyl groups excluding tert-OH is 1. The van der Waals surface area contributed by atoms with Crippen LogP contribution in [0.2, 0.25) is 0 Å². The van der Waals surface area contributed by atoms with E-state index in [2.05, 4.69) is 23.9 Å². The molecule has 4 rings (SSSR count). The summed E-state index contributed by atoms with van der Waals surface area (Å²) in [6.07, 6.45) is 6.90. The molecule has 0 bridgehead atoms. The van der Waals surface area contributed by atoms with E-state index < -0.39 is 6.10 Å². The van der Waals surface area contributed by atoms with Gasteiger partial charge in [0.2, 0.25) is 5.56 Å². The molecule has 1 aromatic heterocycles. The van der Waals surface area contributed by atoms with Crippen LogP contribution < -0.4 is 10.5 Å². The summed E-state index contributed by atoms with van der Waals surface area (Å²) in [6.45, 7) is 5.13. The number of benzene rings is 1. The SMILES string of the molecule is [CH2-]c1cc2c(=O)n(C3CCCC[C@@H]3O)cnc2c2c1CCCN2C.[Y]. The van der Waals surface area contributed by atoms with Crippen molar-refractivity contribution < 1.29 is 37.8 Å². The van der Waals surface area contributed by atoms with E-state index >= 15 is 0 Å². The first-order valence-electron chi connectivity index (χ1n) is 8.86. The number of hydrogen-bond acceptors (Lipinski definition) is 4. The van der Waals surface area contributed by atoms with Gasteiger partial charge < -0.3 is 10.0 Å². The van der Waals surface area contributed by atoms with E-state index in [0.29, 0.717) is 5.39 Å². The van der Waals surface area contributed by atoms with Crippen LogP contribution in [0, 0.1) is 6.92 Å². The first kappa shape index (κ1) is 18.9. The second kappa shape index (κ2) is 7.38. The molecule has 1 aliphatic heterocycles. The topological polar surface area (TPSA) is 58.4 Å². The van der Waals surface area contributed by atoms with Crippen LogP contribution >= 0.6 is 0 Å². The van der Waals surface area contributed by atoms with Crippen molar-refractivity contribution in [3.05, 3.63) is 40.8 Å². The summed E-state index contributed by atoms with van der Waals surface area (Å²) in [7, 11) is 2.05. The second-order valence-corrected chi connectivity index (χ2v) is 7.16. The largest absolute Gasteiger partial charge is 0.391 e. The molecule has 1 unspecified atom stereocenters. The fourth-order valence-electron chi connectivity index (χ4n) is 4.30. The third kappa shape index (κ3) is 3.15. The maximum absolute atomic E-state index is 13.1. The maximum Gasteiger partial charge on any atom is 0.249 e. The second-order valence-electron chi connectivity index (χ2n) is 7.16. The van der Waals surface area contributed by atoms with Gasteiger partial charge in [-0.15, -0.1) is 11.6 Å². The first-order valence-corrected chi connectivity index (χ1v) is 8.86. The van der Waals surface area contributed by atoms with Crippen LogP contribution in [0.4, 0.5) is 5.69 Å². The molecule has 1 aromatic carbocycles. The van der Waals surface area contributed by atoms with Crippen molar-refractivity contribution in [3.8, 4) is 0 Å². The van der Waals surface area contributed by atoms with Crippen molar-refractivity contribution in [2.24, 2.45) is 0 Å². The minimum atomic E-state index is -0.463. The predicted octanol–water partition coefficient (Wildman–Crippen LogP) is 2.43. The van der Waals surface area contributed by atoms with Gasteiger partial charge in [0.1, 0.15) is 0 Å². The molecule has 6 heteroatoms. The van der Waals surface area contributed by atoms with E-state index in [-0.39, 0.29) is 44.3 Å². The van der Waals surface area contributed by atoms with E-state index in [4.69, 9.17) is 0 Å². The normalized spacial score (nSPS) is 23.2. The molecule has 131 valence electrons. The zero-order valence-electron chi connectivity index (χ0n) is 14.7. The fraction of sp³-hybridized carbons (Fsp3) is 0.526. The van der Waals surface area contributed by atoms with Gasteiger partial charge in [0.05, 0.1) is 24.0 Å². The molecule has 1 radical (unpaired) electrons. The Labute approximate surface area is 173 Å². The minimum absolute atomic E-state index is 0. The van der Waals surface area contributed by atoms with E-state index in [1.807, 2.05) is 6.07 Å². The summed E-state index contributed by atoms with van der Waals surface area (Å²) in [5.74, 6) is 0. The van der Waals surface area contributed by atoms with Crippen molar-refractivity contribution in [1.29, 1.82) is 0 Å². The molecule has 1 aliphatic carbocycles. The van der Waals surface area contributed by atoms with Crippen molar-refractivity contribution in [1.82, 2.24) is 9.55 Å². The number of aliphatic hydroxyl groups is 1. The van der Waals surface area contributed by atoms with Crippen LogP contribution in [0.3, 0.4) is 0 Å². The Morgan fingerprint density at radius 2 is 2.04 bits per heavy atom. The quantitative estimate of drug-likeness (QED) is 0.727. The summed E-state index contributed by atoms with van der Waals surface area (Å²) in [5.41, 5.74) is 3.89. The summed E-state index contributed by atoms with van der Waals surface area (Å²) in [6, 6.07) is 1.72. The van der Waals surface area contributed by atoms with Crippen molar-refractivity contribution in [2.75, 3.05) is 18.5 Å².